The molecule has 0 aliphatic rings. The maximum atomic E-state index is 12.5. The molecule has 0 fully saturated rings. The highest BCUT2D eigenvalue weighted by atomic mass is 16.5. The van der Waals surface area contributed by atoms with Crippen LogP contribution < -0.4 is 0 Å². The monoisotopic (exact) mass is 330 g/mol. The fourth-order valence-corrected chi connectivity index (χ4v) is 2.56. The first-order valence-electron chi connectivity index (χ1n) is 8.06. The lowest BCUT2D eigenvalue weighted by Gasteiger charge is -2.10. The molecule has 124 valence electrons. The van der Waals surface area contributed by atoms with Crippen molar-refractivity contribution < 1.29 is 14.3 Å². The lowest BCUT2D eigenvalue weighted by atomic mass is 9.99. The summed E-state index contributed by atoms with van der Waals surface area (Å²) in [7, 11) is 0. The van der Waals surface area contributed by atoms with Crippen LogP contribution in [-0.4, -0.2) is 18.4 Å². The minimum absolute atomic E-state index is 0.221. The Hall–Kier alpha value is -3.20. The number of carbonyl (C=O) groups is 2. The third-order valence-corrected chi connectivity index (χ3v) is 3.94. The van der Waals surface area contributed by atoms with E-state index in [4.69, 9.17) is 4.74 Å². The number of esters is 1. The van der Waals surface area contributed by atoms with Crippen molar-refractivity contribution in [1.82, 2.24) is 0 Å². The average molecular weight is 330 g/mol. The fraction of sp³-hybridized carbons (Fsp3) is 0.0909. The molecule has 3 aromatic carbocycles. The van der Waals surface area contributed by atoms with E-state index in [1.54, 1.807) is 36.4 Å². The Morgan fingerprint density at radius 2 is 1.44 bits per heavy atom. The van der Waals surface area contributed by atoms with Crippen LogP contribution >= 0.6 is 0 Å². The van der Waals surface area contributed by atoms with Gasteiger partial charge in [0.05, 0.1) is 5.56 Å². The number of ether oxygens (including phenoxy) is 1. The van der Waals surface area contributed by atoms with Gasteiger partial charge < -0.3 is 4.74 Å². The van der Waals surface area contributed by atoms with Crippen LogP contribution in [0.1, 0.15) is 26.3 Å². The second kappa shape index (κ2) is 7.58. The van der Waals surface area contributed by atoms with Crippen LogP contribution in [0.5, 0.6) is 0 Å². The fourth-order valence-electron chi connectivity index (χ4n) is 2.56. The largest absolute Gasteiger partial charge is 0.454 e. The van der Waals surface area contributed by atoms with E-state index in [0.29, 0.717) is 11.1 Å². The lowest BCUT2D eigenvalue weighted by molar-refractivity contribution is 0.0475. The number of rotatable bonds is 5. The Balaban J connectivity index is 1.77. The molecule has 25 heavy (non-hydrogen) atoms. The molecule has 3 nitrogen and oxygen atoms in total. The predicted molar refractivity (Wildman–Crippen MR) is 97.7 cm³/mol. The van der Waals surface area contributed by atoms with Gasteiger partial charge in [0.15, 0.2) is 12.4 Å². The van der Waals surface area contributed by atoms with Crippen LogP contribution in [0.15, 0.2) is 78.9 Å². The summed E-state index contributed by atoms with van der Waals surface area (Å²) in [5.74, 6) is -0.720. The molecular weight excluding hydrogens is 312 g/mol. The maximum absolute atomic E-state index is 12.5. The molecule has 3 heteroatoms. The number of benzene rings is 3. The molecule has 3 rings (SSSR count). The second-order valence-corrected chi connectivity index (χ2v) is 5.78. The number of aryl methyl sites for hydroxylation is 1. The SMILES string of the molecule is Cc1ccc(-c2ccccc2C(=O)OCC(=O)c2ccccc2)cc1. The Morgan fingerprint density at radius 1 is 0.800 bits per heavy atom. The standard InChI is InChI=1S/C22H18O3/c1-16-11-13-17(14-12-16)19-9-5-6-10-20(19)22(24)25-15-21(23)18-7-3-2-4-8-18/h2-14H,15H2,1H3. The van der Waals surface area contributed by atoms with E-state index < -0.39 is 5.97 Å². The van der Waals surface area contributed by atoms with Crippen LogP contribution in [0.2, 0.25) is 0 Å². The van der Waals surface area contributed by atoms with Crippen molar-refractivity contribution in [2.24, 2.45) is 0 Å². The van der Waals surface area contributed by atoms with Gasteiger partial charge in [-0.3, -0.25) is 4.79 Å². The summed E-state index contributed by atoms with van der Waals surface area (Å²) in [6, 6.07) is 24.0. The first kappa shape index (κ1) is 16.7. The molecule has 0 spiro atoms. The third kappa shape index (κ3) is 4.01. The summed E-state index contributed by atoms with van der Waals surface area (Å²) in [5.41, 5.74) is 3.86. The molecule has 0 aromatic heterocycles. The predicted octanol–water partition coefficient (Wildman–Crippen LogP) is 4.70. The van der Waals surface area contributed by atoms with E-state index in [9.17, 15) is 9.59 Å². The topological polar surface area (TPSA) is 43.4 Å². The quantitative estimate of drug-likeness (QED) is 0.503. The van der Waals surface area contributed by atoms with Crippen molar-refractivity contribution >= 4 is 11.8 Å². The van der Waals surface area contributed by atoms with Gasteiger partial charge in [-0.25, -0.2) is 4.79 Å². The van der Waals surface area contributed by atoms with Crippen LogP contribution in [0.4, 0.5) is 0 Å². The highest BCUT2D eigenvalue weighted by Crippen LogP contribution is 2.24. The Labute approximate surface area is 146 Å². The third-order valence-electron chi connectivity index (χ3n) is 3.94. The van der Waals surface area contributed by atoms with E-state index in [2.05, 4.69) is 0 Å². The molecular formula is C22H18O3. The van der Waals surface area contributed by atoms with E-state index >= 15 is 0 Å². The zero-order valence-corrected chi connectivity index (χ0v) is 13.9. The minimum Gasteiger partial charge on any atom is -0.454 e. The number of carbonyl (C=O) groups excluding carboxylic acids is 2. The van der Waals surface area contributed by atoms with Gasteiger partial charge in [-0.05, 0) is 24.1 Å². The van der Waals surface area contributed by atoms with E-state index in [1.807, 2.05) is 49.4 Å². The van der Waals surface area contributed by atoms with E-state index in [0.717, 1.165) is 16.7 Å². The number of hydrogen-bond donors (Lipinski definition) is 0. The highest BCUT2D eigenvalue weighted by molar-refractivity contribution is 6.01. The van der Waals surface area contributed by atoms with Crippen molar-refractivity contribution in [3.63, 3.8) is 0 Å². The lowest BCUT2D eigenvalue weighted by Crippen LogP contribution is -2.14. The molecule has 0 aliphatic heterocycles. The van der Waals surface area contributed by atoms with Crippen molar-refractivity contribution in [1.29, 1.82) is 0 Å². The van der Waals surface area contributed by atoms with E-state index in [-0.39, 0.29) is 12.4 Å². The van der Waals surface area contributed by atoms with Gasteiger partial charge in [0, 0.05) is 5.56 Å². The first-order chi connectivity index (χ1) is 12.1. The summed E-state index contributed by atoms with van der Waals surface area (Å²) >= 11 is 0. The highest BCUT2D eigenvalue weighted by Gasteiger charge is 2.15. The van der Waals surface area contributed by atoms with Gasteiger partial charge in [0.2, 0.25) is 0 Å². The zero-order valence-electron chi connectivity index (χ0n) is 13.9. The van der Waals surface area contributed by atoms with Gasteiger partial charge >= 0.3 is 5.97 Å². The summed E-state index contributed by atoms with van der Waals surface area (Å²) in [4.78, 5) is 24.6. The maximum Gasteiger partial charge on any atom is 0.339 e. The first-order valence-corrected chi connectivity index (χ1v) is 8.06. The molecule has 0 unspecified atom stereocenters. The van der Waals surface area contributed by atoms with Crippen molar-refractivity contribution in [3.05, 3.63) is 95.6 Å². The van der Waals surface area contributed by atoms with Gasteiger partial charge in [-0.15, -0.1) is 0 Å². The van der Waals surface area contributed by atoms with Crippen molar-refractivity contribution in [2.45, 2.75) is 6.92 Å². The summed E-state index contributed by atoms with van der Waals surface area (Å²) in [5, 5.41) is 0. The Kier molecular flexibility index (Phi) is 5.05. The van der Waals surface area contributed by atoms with Gasteiger partial charge in [0.25, 0.3) is 0 Å². The molecule has 0 atom stereocenters. The number of ketones is 1. The van der Waals surface area contributed by atoms with Crippen LogP contribution in [0, 0.1) is 6.92 Å². The molecule has 3 aromatic rings. The summed E-state index contributed by atoms with van der Waals surface area (Å²) in [6.45, 7) is 1.74. The molecule has 0 radical (unpaired) electrons. The Morgan fingerprint density at radius 3 is 2.16 bits per heavy atom. The molecule has 0 saturated carbocycles. The molecule has 0 N–H and O–H groups in total. The summed E-state index contributed by atoms with van der Waals surface area (Å²) in [6.07, 6.45) is 0. The van der Waals surface area contributed by atoms with Gasteiger partial charge in [-0.2, -0.15) is 0 Å². The van der Waals surface area contributed by atoms with Gasteiger partial charge in [-0.1, -0.05) is 78.4 Å². The molecule has 0 saturated heterocycles. The van der Waals surface area contributed by atoms with E-state index in [1.165, 1.54) is 0 Å². The number of Topliss-reactive ketones (excluding diaryl/α,β-unsaturated/α-hetero) is 1. The molecule has 0 bridgehead atoms. The zero-order chi connectivity index (χ0) is 17.6. The van der Waals surface area contributed by atoms with Crippen molar-refractivity contribution in [2.75, 3.05) is 6.61 Å². The summed E-state index contributed by atoms with van der Waals surface area (Å²) < 4.78 is 5.24. The molecule has 0 heterocycles. The van der Waals surface area contributed by atoms with Gasteiger partial charge in [0.1, 0.15) is 0 Å². The average Bonchev–Trinajstić information content (AvgIpc) is 2.67. The molecule has 0 aliphatic carbocycles. The van der Waals surface area contributed by atoms with Crippen LogP contribution in [-0.2, 0) is 4.74 Å². The Bertz CT molecular complexity index is 881. The second-order valence-electron chi connectivity index (χ2n) is 5.78. The molecule has 0 amide bonds. The number of hydrogen-bond acceptors (Lipinski definition) is 3. The smallest absolute Gasteiger partial charge is 0.339 e. The van der Waals surface area contributed by atoms with Crippen LogP contribution in [0.3, 0.4) is 0 Å². The normalized spacial score (nSPS) is 10.3. The minimum atomic E-state index is -0.500. The van der Waals surface area contributed by atoms with Crippen LogP contribution in [0.25, 0.3) is 11.1 Å². The van der Waals surface area contributed by atoms with Crippen molar-refractivity contribution in [3.8, 4) is 11.1 Å².